The van der Waals surface area contributed by atoms with Gasteiger partial charge in [-0.2, -0.15) is 5.10 Å². The molecule has 3 rings (SSSR count). The molecule has 1 aromatic carbocycles. The average Bonchev–Trinajstić information content (AvgIpc) is 2.79. The number of benzene rings is 1. The van der Waals surface area contributed by atoms with Crippen LogP contribution in [-0.2, 0) is 12.8 Å². The third kappa shape index (κ3) is 2.30. The molecule has 1 aromatic heterocycles. The van der Waals surface area contributed by atoms with E-state index < -0.39 is 0 Å². The zero-order valence-electron chi connectivity index (χ0n) is 11.6. The molecule has 0 radical (unpaired) electrons. The van der Waals surface area contributed by atoms with Gasteiger partial charge >= 0.3 is 0 Å². The summed E-state index contributed by atoms with van der Waals surface area (Å²) in [6.07, 6.45) is 4.02. The maximum absolute atomic E-state index is 6.36. The lowest BCUT2D eigenvalue weighted by Crippen LogP contribution is -2.37. The molecule has 0 fully saturated rings. The second kappa shape index (κ2) is 4.82. The topological polar surface area (TPSA) is 43.8 Å². The number of aromatic nitrogens is 2. The van der Waals surface area contributed by atoms with E-state index in [0.29, 0.717) is 12.0 Å². The van der Waals surface area contributed by atoms with Crippen LogP contribution in [0.3, 0.4) is 0 Å². The van der Waals surface area contributed by atoms with Gasteiger partial charge < -0.3 is 5.73 Å². The molecule has 2 atom stereocenters. The summed E-state index contributed by atoms with van der Waals surface area (Å²) < 4.78 is 2.00. The lowest BCUT2D eigenvalue weighted by atomic mass is 9.73. The van der Waals surface area contributed by atoms with Crippen molar-refractivity contribution in [3.63, 3.8) is 0 Å². The molecule has 0 saturated heterocycles. The molecule has 19 heavy (non-hydrogen) atoms. The molecular formula is C16H21N3. The first-order valence-corrected chi connectivity index (χ1v) is 7.02. The molecule has 2 N–H and O–H groups in total. The van der Waals surface area contributed by atoms with Gasteiger partial charge in [0.25, 0.3) is 0 Å². The van der Waals surface area contributed by atoms with Crippen molar-refractivity contribution in [2.24, 2.45) is 5.73 Å². The Hall–Kier alpha value is -1.61. The second-order valence-electron chi connectivity index (χ2n) is 5.76. The fraction of sp³-hybridized carbons (Fsp3) is 0.438. The van der Waals surface area contributed by atoms with E-state index in [9.17, 15) is 0 Å². The van der Waals surface area contributed by atoms with Gasteiger partial charge in [0, 0.05) is 30.6 Å². The van der Waals surface area contributed by atoms with Crippen molar-refractivity contribution in [2.75, 3.05) is 0 Å². The summed E-state index contributed by atoms with van der Waals surface area (Å²) in [4.78, 5) is 0. The van der Waals surface area contributed by atoms with Gasteiger partial charge in [-0.05, 0) is 37.5 Å². The Bertz CT molecular complexity index is 571. The van der Waals surface area contributed by atoms with Crippen LogP contribution in [0.2, 0.25) is 0 Å². The molecule has 0 bridgehead atoms. The average molecular weight is 255 g/mol. The highest BCUT2D eigenvalue weighted by atomic mass is 15.3. The molecule has 2 unspecified atom stereocenters. The first-order valence-electron chi connectivity index (χ1n) is 7.02. The van der Waals surface area contributed by atoms with Gasteiger partial charge in [-0.25, -0.2) is 0 Å². The van der Waals surface area contributed by atoms with Crippen molar-refractivity contribution in [2.45, 2.75) is 44.7 Å². The van der Waals surface area contributed by atoms with E-state index in [2.05, 4.69) is 49.3 Å². The largest absolute Gasteiger partial charge is 0.327 e. The van der Waals surface area contributed by atoms with Crippen molar-refractivity contribution >= 4 is 0 Å². The van der Waals surface area contributed by atoms with Crippen LogP contribution in [0.5, 0.6) is 0 Å². The molecule has 0 aliphatic heterocycles. The van der Waals surface area contributed by atoms with Crippen molar-refractivity contribution < 1.29 is 0 Å². The minimum absolute atomic E-state index is 0.172. The summed E-state index contributed by atoms with van der Waals surface area (Å²) >= 11 is 0. The third-order valence-electron chi connectivity index (χ3n) is 4.05. The van der Waals surface area contributed by atoms with Crippen LogP contribution < -0.4 is 5.73 Å². The van der Waals surface area contributed by atoms with Crippen molar-refractivity contribution in [1.82, 2.24) is 9.78 Å². The van der Waals surface area contributed by atoms with Gasteiger partial charge in [0.1, 0.15) is 0 Å². The molecule has 1 aliphatic carbocycles. The number of rotatable bonds is 4. The van der Waals surface area contributed by atoms with Gasteiger partial charge in [-0.3, -0.25) is 4.68 Å². The summed E-state index contributed by atoms with van der Waals surface area (Å²) in [5, 5.41) is 4.58. The molecule has 100 valence electrons. The van der Waals surface area contributed by atoms with Crippen molar-refractivity contribution in [1.29, 1.82) is 0 Å². The molecule has 2 aromatic rings. The standard InChI is InChI=1S/C16H21N3/c1-11(2)19-8-7-13(18-19)10-16(17)15-9-12-5-3-4-6-14(12)15/h3-8,11,15-16H,9-10,17H2,1-2H3. The first-order chi connectivity index (χ1) is 9.15. The maximum atomic E-state index is 6.36. The molecule has 0 amide bonds. The fourth-order valence-corrected chi connectivity index (χ4v) is 2.84. The Morgan fingerprint density at radius 2 is 2.11 bits per heavy atom. The smallest absolute Gasteiger partial charge is 0.0640 e. The number of hydrogen-bond acceptors (Lipinski definition) is 2. The summed E-state index contributed by atoms with van der Waals surface area (Å²) in [5.41, 5.74) is 10.3. The van der Waals surface area contributed by atoms with Gasteiger partial charge in [0.05, 0.1) is 5.69 Å². The van der Waals surface area contributed by atoms with E-state index >= 15 is 0 Å². The Balaban J connectivity index is 1.68. The Morgan fingerprint density at radius 3 is 2.79 bits per heavy atom. The SMILES string of the molecule is CC(C)n1ccc(CC(N)C2Cc3ccccc32)n1. The maximum Gasteiger partial charge on any atom is 0.0640 e. The molecular weight excluding hydrogens is 234 g/mol. The summed E-state index contributed by atoms with van der Waals surface area (Å²) in [6.45, 7) is 4.28. The summed E-state index contributed by atoms with van der Waals surface area (Å²) in [7, 11) is 0. The van der Waals surface area contributed by atoms with Gasteiger partial charge in [0.15, 0.2) is 0 Å². The van der Waals surface area contributed by atoms with Crippen LogP contribution in [0.15, 0.2) is 36.5 Å². The summed E-state index contributed by atoms with van der Waals surface area (Å²) in [5.74, 6) is 0.500. The quantitative estimate of drug-likeness (QED) is 0.912. The van der Waals surface area contributed by atoms with E-state index in [1.165, 1.54) is 11.1 Å². The molecule has 0 spiro atoms. The predicted molar refractivity (Wildman–Crippen MR) is 77.2 cm³/mol. The minimum atomic E-state index is 0.172. The summed E-state index contributed by atoms with van der Waals surface area (Å²) in [6, 6.07) is 11.3. The van der Waals surface area contributed by atoms with Crippen LogP contribution in [0.25, 0.3) is 0 Å². The highest BCUT2D eigenvalue weighted by molar-refractivity contribution is 5.41. The number of fused-ring (bicyclic) bond motifs is 1. The Kier molecular flexibility index (Phi) is 3.15. The number of nitrogens with zero attached hydrogens (tertiary/aromatic N) is 2. The number of hydrogen-bond donors (Lipinski definition) is 1. The molecule has 3 heteroatoms. The van der Waals surface area contributed by atoms with Crippen LogP contribution >= 0.6 is 0 Å². The van der Waals surface area contributed by atoms with Crippen molar-refractivity contribution in [3.8, 4) is 0 Å². The van der Waals surface area contributed by atoms with Crippen molar-refractivity contribution in [3.05, 3.63) is 53.3 Å². The second-order valence-corrected chi connectivity index (χ2v) is 5.76. The van der Waals surface area contributed by atoms with Gasteiger partial charge in [-0.1, -0.05) is 24.3 Å². The van der Waals surface area contributed by atoms with E-state index in [1.807, 2.05) is 10.9 Å². The predicted octanol–water partition coefficient (Wildman–Crippen LogP) is 2.67. The lowest BCUT2D eigenvalue weighted by Gasteiger charge is -2.34. The molecule has 1 heterocycles. The van der Waals surface area contributed by atoms with Gasteiger partial charge in [0.2, 0.25) is 0 Å². The highest BCUT2D eigenvalue weighted by Gasteiger charge is 2.30. The number of nitrogens with two attached hydrogens (primary N) is 1. The van der Waals surface area contributed by atoms with E-state index in [4.69, 9.17) is 5.73 Å². The monoisotopic (exact) mass is 255 g/mol. The lowest BCUT2D eigenvalue weighted by molar-refractivity contribution is 0.468. The van der Waals surface area contributed by atoms with Gasteiger partial charge in [-0.15, -0.1) is 0 Å². The third-order valence-corrected chi connectivity index (χ3v) is 4.05. The minimum Gasteiger partial charge on any atom is -0.327 e. The highest BCUT2D eigenvalue weighted by Crippen LogP contribution is 2.37. The molecule has 1 aliphatic rings. The normalized spacial score (nSPS) is 19.1. The van der Waals surface area contributed by atoms with Crippen LogP contribution in [0.4, 0.5) is 0 Å². The van der Waals surface area contributed by atoms with E-state index in [-0.39, 0.29) is 6.04 Å². The van der Waals surface area contributed by atoms with Crippen LogP contribution in [0, 0.1) is 0 Å². The Morgan fingerprint density at radius 1 is 1.32 bits per heavy atom. The first kappa shape index (κ1) is 12.4. The zero-order valence-corrected chi connectivity index (χ0v) is 11.6. The van der Waals surface area contributed by atoms with Crippen LogP contribution in [0.1, 0.15) is 42.6 Å². The molecule has 0 saturated carbocycles. The van der Waals surface area contributed by atoms with Crippen LogP contribution in [-0.4, -0.2) is 15.8 Å². The molecule has 3 nitrogen and oxygen atoms in total. The van der Waals surface area contributed by atoms with E-state index in [1.54, 1.807) is 0 Å². The fourth-order valence-electron chi connectivity index (χ4n) is 2.84. The Labute approximate surface area is 114 Å². The zero-order chi connectivity index (χ0) is 13.4. The van der Waals surface area contributed by atoms with E-state index in [0.717, 1.165) is 18.5 Å².